The first-order valence-corrected chi connectivity index (χ1v) is 10.7. The molecule has 0 aliphatic heterocycles. The van der Waals surface area contributed by atoms with Gasteiger partial charge in [-0.05, 0) is 29.8 Å². The molecule has 2 aromatic carbocycles. The molecule has 1 aliphatic rings. The van der Waals surface area contributed by atoms with E-state index in [9.17, 15) is 27.6 Å². The number of nitriles is 1. The number of carbonyl (C=O) groups is 1. The van der Waals surface area contributed by atoms with Gasteiger partial charge < -0.3 is 10.1 Å². The van der Waals surface area contributed by atoms with Crippen molar-refractivity contribution in [2.75, 3.05) is 0 Å². The molecule has 0 saturated heterocycles. The first-order chi connectivity index (χ1) is 17.1. The number of halogens is 4. The Morgan fingerprint density at radius 2 is 1.97 bits per heavy atom. The van der Waals surface area contributed by atoms with E-state index in [1.54, 1.807) is 43.3 Å². The van der Waals surface area contributed by atoms with Crippen LogP contribution in [0.2, 0.25) is 0 Å². The summed E-state index contributed by atoms with van der Waals surface area (Å²) < 4.78 is 60.4. The average Bonchev–Trinajstić information content (AvgIpc) is 3.12. The summed E-state index contributed by atoms with van der Waals surface area (Å²) in [6.07, 6.45) is 2.93. The van der Waals surface area contributed by atoms with Crippen molar-refractivity contribution in [2.45, 2.75) is 25.0 Å². The third-order valence-electron chi connectivity index (χ3n) is 5.94. The molecule has 1 N–H and O–H groups in total. The molecule has 0 spiro atoms. The third kappa shape index (κ3) is 4.13. The molecule has 1 saturated carbocycles. The molecule has 0 radical (unpaired) electrons. The lowest BCUT2D eigenvalue weighted by atomic mass is 9.98. The maximum Gasteiger partial charge on any atom is 0.387 e. The maximum atomic E-state index is 13.2. The molecule has 5 rings (SSSR count). The van der Waals surface area contributed by atoms with Crippen molar-refractivity contribution in [2.24, 2.45) is 14.1 Å². The second-order valence-electron chi connectivity index (χ2n) is 8.49. The quantitative estimate of drug-likeness (QED) is 0.401. The molecular weight excluding hydrogens is 480 g/mol. The van der Waals surface area contributed by atoms with Crippen molar-refractivity contribution in [3.8, 4) is 34.2 Å². The van der Waals surface area contributed by atoms with Crippen molar-refractivity contribution in [3.05, 3.63) is 53.9 Å². The van der Waals surface area contributed by atoms with Crippen LogP contribution in [0.3, 0.4) is 0 Å². The van der Waals surface area contributed by atoms with Gasteiger partial charge in [-0.3, -0.25) is 14.2 Å². The normalized spacial score (nSPS) is 16.2. The van der Waals surface area contributed by atoms with E-state index in [0.717, 1.165) is 11.1 Å². The first-order valence-electron chi connectivity index (χ1n) is 10.7. The molecule has 2 heterocycles. The number of ether oxygens (including phenoxy) is 1. The van der Waals surface area contributed by atoms with Gasteiger partial charge >= 0.3 is 6.61 Å². The number of hydrogen-bond donors (Lipinski definition) is 1. The van der Waals surface area contributed by atoms with Crippen LogP contribution in [0.1, 0.15) is 22.3 Å². The zero-order chi connectivity index (χ0) is 25.8. The van der Waals surface area contributed by atoms with Crippen molar-refractivity contribution in [1.82, 2.24) is 24.9 Å². The van der Waals surface area contributed by atoms with Crippen molar-refractivity contribution < 1.29 is 27.1 Å². The lowest BCUT2D eigenvalue weighted by molar-refractivity contribution is -0.0501. The van der Waals surface area contributed by atoms with E-state index in [0.29, 0.717) is 27.7 Å². The number of amides is 1. The molecule has 8 nitrogen and oxygen atoms in total. The first kappa shape index (κ1) is 23.3. The Hall–Kier alpha value is -4.40. The topological polar surface area (TPSA) is 97.8 Å². The van der Waals surface area contributed by atoms with E-state index in [1.807, 2.05) is 0 Å². The van der Waals surface area contributed by atoms with E-state index >= 15 is 0 Å². The van der Waals surface area contributed by atoms with Gasteiger partial charge in [0.2, 0.25) is 0 Å². The van der Waals surface area contributed by atoms with Crippen LogP contribution >= 0.6 is 0 Å². The number of alkyl halides is 4. The van der Waals surface area contributed by atoms with Gasteiger partial charge in [0.1, 0.15) is 5.75 Å². The number of carbonyl (C=O) groups excluding carboxylic acids is 1. The molecule has 1 amide bonds. The second kappa shape index (κ2) is 8.37. The second-order valence-corrected chi connectivity index (χ2v) is 8.49. The Morgan fingerprint density at radius 1 is 1.22 bits per heavy atom. The summed E-state index contributed by atoms with van der Waals surface area (Å²) in [6.45, 7) is -3.26. The van der Waals surface area contributed by atoms with Crippen LogP contribution in [0.5, 0.6) is 5.75 Å². The van der Waals surface area contributed by atoms with Gasteiger partial charge in [0.25, 0.3) is 11.8 Å². The van der Waals surface area contributed by atoms with E-state index in [2.05, 4.69) is 26.3 Å². The Bertz CT molecular complexity index is 1550. The monoisotopic (exact) mass is 498 g/mol. The van der Waals surface area contributed by atoms with E-state index in [-0.39, 0.29) is 5.56 Å². The Morgan fingerprint density at radius 3 is 2.58 bits per heavy atom. The van der Waals surface area contributed by atoms with Crippen LogP contribution in [0.4, 0.5) is 17.6 Å². The highest BCUT2D eigenvalue weighted by Crippen LogP contribution is 2.42. The van der Waals surface area contributed by atoms with Gasteiger partial charge in [0.05, 0.1) is 40.6 Å². The van der Waals surface area contributed by atoms with E-state index in [1.165, 1.54) is 22.9 Å². The Labute approximate surface area is 201 Å². The van der Waals surface area contributed by atoms with Gasteiger partial charge in [-0.25, -0.2) is 8.78 Å². The molecule has 36 heavy (non-hydrogen) atoms. The molecule has 1 atom stereocenters. The van der Waals surface area contributed by atoms with Crippen molar-refractivity contribution in [1.29, 1.82) is 5.26 Å². The van der Waals surface area contributed by atoms with Gasteiger partial charge in [-0.2, -0.15) is 24.2 Å². The van der Waals surface area contributed by atoms with Gasteiger partial charge in [-0.15, -0.1) is 0 Å². The number of rotatable bonds is 6. The number of nitrogens with one attached hydrogen (secondary N) is 1. The SMILES string of the molecule is Cn1cc(-c2cc(C#N)c3c(-c4ccc(C(=O)N[C@@H]5CC5(F)F)c(OC(F)F)c4)n(C)nc3c2)cn1. The predicted octanol–water partition coefficient (Wildman–Crippen LogP) is 4.25. The number of benzene rings is 2. The lowest BCUT2D eigenvalue weighted by Gasteiger charge is -2.13. The fraction of sp³-hybridized carbons (Fsp3) is 0.250. The fourth-order valence-electron chi connectivity index (χ4n) is 4.14. The fourth-order valence-corrected chi connectivity index (χ4v) is 4.14. The summed E-state index contributed by atoms with van der Waals surface area (Å²) in [5.41, 5.74) is 2.75. The van der Waals surface area contributed by atoms with Gasteiger partial charge in [-0.1, -0.05) is 6.07 Å². The number of aryl methyl sites for hydroxylation is 2. The van der Waals surface area contributed by atoms with Crippen LogP contribution in [-0.2, 0) is 14.1 Å². The Balaban J connectivity index is 1.60. The van der Waals surface area contributed by atoms with Crippen molar-refractivity contribution in [3.63, 3.8) is 0 Å². The highest BCUT2D eigenvalue weighted by Gasteiger charge is 2.58. The number of nitrogens with zero attached hydrogens (tertiary/aromatic N) is 5. The van der Waals surface area contributed by atoms with Crippen LogP contribution < -0.4 is 10.1 Å². The maximum absolute atomic E-state index is 13.2. The lowest BCUT2D eigenvalue weighted by Crippen LogP contribution is -2.29. The molecular formula is C24H18F4N6O2. The number of aromatic nitrogens is 4. The van der Waals surface area contributed by atoms with E-state index in [4.69, 9.17) is 0 Å². The van der Waals surface area contributed by atoms with Crippen LogP contribution in [0.25, 0.3) is 33.3 Å². The average molecular weight is 498 g/mol. The molecule has 2 aromatic heterocycles. The third-order valence-corrected chi connectivity index (χ3v) is 5.94. The minimum Gasteiger partial charge on any atom is -0.434 e. The van der Waals surface area contributed by atoms with Crippen molar-refractivity contribution >= 4 is 16.8 Å². The largest absolute Gasteiger partial charge is 0.434 e. The smallest absolute Gasteiger partial charge is 0.387 e. The van der Waals surface area contributed by atoms with E-state index < -0.39 is 36.7 Å². The molecule has 0 bridgehead atoms. The van der Waals surface area contributed by atoms with Crippen LogP contribution in [0, 0.1) is 11.3 Å². The number of fused-ring (bicyclic) bond motifs is 1. The minimum absolute atomic E-state index is 0.295. The molecule has 1 aliphatic carbocycles. The standard InChI is InChI=1S/C24H18F4N6O2/c1-33-11-15(10-30-33)13-5-14(9-29)20-17(6-13)32-34(2)21(20)12-3-4-16(18(7-12)36-23(25)26)22(35)31-19-8-24(19,27)28/h3-7,10-11,19,23H,8H2,1-2H3,(H,31,35)/t19-/m1/s1. The highest BCUT2D eigenvalue weighted by atomic mass is 19.3. The molecule has 4 aromatic rings. The molecule has 184 valence electrons. The molecule has 12 heteroatoms. The zero-order valence-corrected chi connectivity index (χ0v) is 19.0. The van der Waals surface area contributed by atoms with Gasteiger partial charge in [0.15, 0.2) is 0 Å². The molecule has 0 unspecified atom stereocenters. The number of hydrogen-bond acceptors (Lipinski definition) is 5. The summed E-state index contributed by atoms with van der Waals surface area (Å²) in [6, 6.07) is 8.16. The summed E-state index contributed by atoms with van der Waals surface area (Å²) in [5.74, 6) is -4.45. The Kier molecular flexibility index (Phi) is 5.43. The summed E-state index contributed by atoms with van der Waals surface area (Å²) in [5, 5.41) is 21.1. The summed E-state index contributed by atoms with van der Waals surface area (Å²) >= 11 is 0. The van der Waals surface area contributed by atoms with Crippen LogP contribution in [-0.4, -0.2) is 44.0 Å². The molecule has 1 fully saturated rings. The predicted molar refractivity (Wildman–Crippen MR) is 121 cm³/mol. The summed E-state index contributed by atoms with van der Waals surface area (Å²) in [7, 11) is 3.40. The summed E-state index contributed by atoms with van der Waals surface area (Å²) in [4.78, 5) is 12.5. The van der Waals surface area contributed by atoms with Crippen LogP contribution in [0.15, 0.2) is 42.7 Å². The minimum atomic E-state index is -3.26. The van der Waals surface area contributed by atoms with Gasteiger partial charge in [0, 0.05) is 43.2 Å². The highest BCUT2D eigenvalue weighted by molar-refractivity contribution is 6.02. The zero-order valence-electron chi connectivity index (χ0n) is 19.0.